The Kier molecular flexibility index (Phi) is 4.98. The molecule has 6 heteroatoms. The zero-order valence-corrected chi connectivity index (χ0v) is 10.00. The normalized spacial score (nSPS) is 13.4. The number of alkyl halides is 3. The highest BCUT2D eigenvalue weighted by Gasteiger charge is 2.31. The second kappa shape index (κ2) is 6.06. The van der Waals surface area contributed by atoms with Crippen molar-refractivity contribution >= 4 is 0 Å². The molecule has 0 heterocycles. The van der Waals surface area contributed by atoms with E-state index in [0.717, 1.165) is 12.1 Å². The van der Waals surface area contributed by atoms with Crippen LogP contribution in [0.2, 0.25) is 0 Å². The number of rotatable bonds is 5. The highest BCUT2D eigenvalue weighted by molar-refractivity contribution is 5.37. The van der Waals surface area contributed by atoms with Crippen LogP contribution in [0.1, 0.15) is 30.0 Å². The lowest BCUT2D eigenvalue weighted by Gasteiger charge is -2.16. The molecule has 0 radical (unpaired) electrons. The Morgan fingerprint density at radius 3 is 2.50 bits per heavy atom. The van der Waals surface area contributed by atoms with E-state index in [1.165, 1.54) is 13.2 Å². The minimum Gasteiger partial charge on any atom is -0.497 e. The van der Waals surface area contributed by atoms with E-state index in [0.29, 0.717) is 18.4 Å². The molecule has 1 aromatic rings. The molecule has 0 aliphatic carbocycles. The fourth-order valence-electron chi connectivity index (χ4n) is 1.60. The molecule has 0 spiro atoms. The number of aliphatic hydroxyl groups excluding tert-OH is 1. The van der Waals surface area contributed by atoms with Gasteiger partial charge in [-0.1, -0.05) is 0 Å². The summed E-state index contributed by atoms with van der Waals surface area (Å²) in [4.78, 5) is 0. The van der Waals surface area contributed by atoms with E-state index in [4.69, 9.17) is 15.6 Å². The summed E-state index contributed by atoms with van der Waals surface area (Å²) in [5, 5.41) is 8.69. The van der Waals surface area contributed by atoms with Gasteiger partial charge in [-0.25, -0.2) is 0 Å². The third kappa shape index (κ3) is 3.89. The maximum absolute atomic E-state index is 12.7. The predicted molar refractivity (Wildman–Crippen MR) is 61.2 cm³/mol. The van der Waals surface area contributed by atoms with Crippen molar-refractivity contribution in [2.75, 3.05) is 13.7 Å². The summed E-state index contributed by atoms with van der Waals surface area (Å²) in [6, 6.07) is 2.89. The standard InChI is InChI=1S/C12H16F3NO2/c1-18-10-6-8(11(16)3-2-4-17)5-9(7-10)12(13,14)15/h5-7,11,17H,2-4,16H2,1H3/t11-/m0/s1. The third-order valence-electron chi connectivity index (χ3n) is 2.59. The van der Waals surface area contributed by atoms with Gasteiger partial charge in [0.15, 0.2) is 0 Å². The molecule has 3 N–H and O–H groups in total. The molecule has 0 saturated carbocycles. The molecule has 0 bridgehead atoms. The largest absolute Gasteiger partial charge is 0.497 e. The van der Waals surface area contributed by atoms with Crippen molar-refractivity contribution in [2.24, 2.45) is 5.73 Å². The van der Waals surface area contributed by atoms with Crippen LogP contribution in [-0.2, 0) is 6.18 Å². The van der Waals surface area contributed by atoms with Gasteiger partial charge in [0.2, 0.25) is 0 Å². The number of aliphatic hydroxyl groups is 1. The van der Waals surface area contributed by atoms with E-state index in [1.807, 2.05) is 0 Å². The van der Waals surface area contributed by atoms with Gasteiger partial charge in [0.1, 0.15) is 5.75 Å². The smallest absolute Gasteiger partial charge is 0.416 e. The van der Waals surface area contributed by atoms with E-state index < -0.39 is 17.8 Å². The fraction of sp³-hybridized carbons (Fsp3) is 0.500. The number of methoxy groups -OCH3 is 1. The van der Waals surface area contributed by atoms with Crippen LogP contribution in [0.15, 0.2) is 18.2 Å². The first-order valence-electron chi connectivity index (χ1n) is 5.51. The van der Waals surface area contributed by atoms with E-state index in [1.54, 1.807) is 0 Å². The fourth-order valence-corrected chi connectivity index (χ4v) is 1.60. The van der Waals surface area contributed by atoms with Crippen LogP contribution >= 0.6 is 0 Å². The molecule has 0 aliphatic heterocycles. The molecule has 1 atom stereocenters. The predicted octanol–water partition coefficient (Wildman–Crippen LogP) is 2.49. The Balaban J connectivity index is 3.04. The topological polar surface area (TPSA) is 55.5 Å². The van der Waals surface area contributed by atoms with Gasteiger partial charge in [0.05, 0.1) is 12.7 Å². The maximum atomic E-state index is 12.7. The van der Waals surface area contributed by atoms with E-state index in [9.17, 15) is 13.2 Å². The first kappa shape index (κ1) is 14.8. The lowest BCUT2D eigenvalue weighted by molar-refractivity contribution is -0.137. The summed E-state index contributed by atoms with van der Waals surface area (Å²) in [6.45, 7) is -0.0379. The van der Waals surface area contributed by atoms with E-state index in [-0.39, 0.29) is 12.4 Å². The van der Waals surface area contributed by atoms with Crippen LogP contribution in [0.3, 0.4) is 0 Å². The molecule has 0 fully saturated rings. The summed E-state index contributed by atoms with van der Waals surface area (Å²) in [7, 11) is 1.30. The molecule has 18 heavy (non-hydrogen) atoms. The van der Waals surface area contributed by atoms with Gasteiger partial charge in [-0.05, 0) is 36.6 Å². The van der Waals surface area contributed by atoms with Gasteiger partial charge >= 0.3 is 6.18 Å². The Hall–Kier alpha value is -1.27. The average Bonchev–Trinajstić information content (AvgIpc) is 2.34. The number of benzene rings is 1. The number of nitrogens with two attached hydrogens (primary N) is 1. The summed E-state index contributed by atoms with van der Waals surface area (Å²) < 4.78 is 42.8. The molecular weight excluding hydrogens is 247 g/mol. The zero-order chi connectivity index (χ0) is 13.8. The highest BCUT2D eigenvalue weighted by Crippen LogP contribution is 2.34. The van der Waals surface area contributed by atoms with Crippen molar-refractivity contribution in [1.82, 2.24) is 0 Å². The molecule has 0 aromatic heterocycles. The quantitative estimate of drug-likeness (QED) is 0.858. The van der Waals surface area contributed by atoms with Crippen LogP contribution in [0, 0.1) is 0 Å². The molecule has 0 aliphatic rings. The van der Waals surface area contributed by atoms with Gasteiger partial charge < -0.3 is 15.6 Å². The van der Waals surface area contributed by atoms with Crippen molar-refractivity contribution in [2.45, 2.75) is 25.1 Å². The molecule has 0 amide bonds. The highest BCUT2D eigenvalue weighted by atomic mass is 19.4. The Labute approximate surface area is 103 Å². The van der Waals surface area contributed by atoms with E-state index >= 15 is 0 Å². The van der Waals surface area contributed by atoms with Crippen molar-refractivity contribution in [1.29, 1.82) is 0 Å². The van der Waals surface area contributed by atoms with Crippen molar-refractivity contribution in [3.63, 3.8) is 0 Å². The summed E-state index contributed by atoms with van der Waals surface area (Å²) in [5.41, 5.74) is 5.36. The number of ether oxygens (including phenoxy) is 1. The number of hydrogen-bond donors (Lipinski definition) is 2. The molecule has 102 valence electrons. The Morgan fingerprint density at radius 2 is 2.00 bits per heavy atom. The van der Waals surface area contributed by atoms with Crippen LogP contribution in [0.5, 0.6) is 5.75 Å². The van der Waals surface area contributed by atoms with Crippen molar-refractivity contribution in [3.05, 3.63) is 29.3 Å². The minimum absolute atomic E-state index is 0.0379. The van der Waals surface area contributed by atoms with Crippen LogP contribution in [0.4, 0.5) is 13.2 Å². The molecule has 0 saturated heterocycles. The summed E-state index contributed by atoms with van der Waals surface area (Å²) in [5.74, 6) is 0.124. The van der Waals surface area contributed by atoms with Gasteiger partial charge in [-0.15, -0.1) is 0 Å². The zero-order valence-electron chi connectivity index (χ0n) is 10.00. The maximum Gasteiger partial charge on any atom is 0.416 e. The lowest BCUT2D eigenvalue weighted by Crippen LogP contribution is -2.13. The monoisotopic (exact) mass is 263 g/mol. The van der Waals surface area contributed by atoms with Crippen LogP contribution in [-0.4, -0.2) is 18.8 Å². The van der Waals surface area contributed by atoms with Gasteiger partial charge in [-0.2, -0.15) is 13.2 Å². The minimum atomic E-state index is -4.43. The SMILES string of the molecule is COc1cc([C@@H](N)CCCO)cc(C(F)(F)F)c1. The third-order valence-corrected chi connectivity index (χ3v) is 2.59. The average molecular weight is 263 g/mol. The second-order valence-corrected chi connectivity index (χ2v) is 3.96. The number of hydrogen-bond acceptors (Lipinski definition) is 3. The van der Waals surface area contributed by atoms with Gasteiger partial charge in [0, 0.05) is 12.6 Å². The summed E-state index contributed by atoms with van der Waals surface area (Å²) >= 11 is 0. The van der Waals surface area contributed by atoms with Crippen LogP contribution in [0.25, 0.3) is 0 Å². The molecular formula is C12H16F3NO2. The summed E-state index contributed by atoms with van der Waals surface area (Å²) in [6.07, 6.45) is -3.57. The second-order valence-electron chi connectivity index (χ2n) is 3.96. The lowest BCUT2D eigenvalue weighted by atomic mass is 10.00. The molecule has 3 nitrogen and oxygen atoms in total. The molecule has 1 aromatic carbocycles. The van der Waals surface area contributed by atoms with Crippen molar-refractivity contribution < 1.29 is 23.0 Å². The Morgan fingerprint density at radius 1 is 1.33 bits per heavy atom. The molecule has 1 rings (SSSR count). The number of halogens is 3. The van der Waals surface area contributed by atoms with Gasteiger partial charge in [-0.3, -0.25) is 0 Å². The van der Waals surface area contributed by atoms with Crippen molar-refractivity contribution in [3.8, 4) is 5.75 Å². The van der Waals surface area contributed by atoms with Crippen LogP contribution < -0.4 is 10.5 Å². The first-order valence-corrected chi connectivity index (χ1v) is 5.51. The van der Waals surface area contributed by atoms with Gasteiger partial charge in [0.25, 0.3) is 0 Å². The molecule has 0 unspecified atom stereocenters. The first-order chi connectivity index (χ1) is 8.38. The Bertz CT molecular complexity index is 393. The van der Waals surface area contributed by atoms with E-state index in [2.05, 4.69) is 0 Å².